The molecule has 1 aromatic carbocycles. The Hall–Kier alpha value is -3.60. The second kappa shape index (κ2) is 11.7. The molecule has 0 fully saturated rings. The summed E-state index contributed by atoms with van der Waals surface area (Å²) >= 11 is 1.04. The third-order valence-corrected chi connectivity index (χ3v) is 5.85. The number of aliphatic hydroxyl groups excluding tert-OH is 1. The first-order valence-electron chi connectivity index (χ1n) is 9.84. The Morgan fingerprint density at radius 3 is 2.44 bits per heavy atom. The quantitative estimate of drug-likeness (QED) is 0.455. The number of carbonyl (C=O) groups excluding carboxylic acids is 2. The molecule has 2 rings (SSSR count). The maximum atomic E-state index is 12.2. The van der Waals surface area contributed by atoms with E-state index >= 15 is 0 Å². The van der Waals surface area contributed by atoms with Crippen molar-refractivity contribution in [3.8, 4) is 12.1 Å². The molecule has 0 aliphatic heterocycles. The van der Waals surface area contributed by atoms with Crippen LogP contribution in [0.25, 0.3) is 0 Å². The molecule has 0 aliphatic carbocycles. The Labute approximate surface area is 190 Å². The summed E-state index contributed by atoms with van der Waals surface area (Å²) in [5.41, 5.74) is 7.19. The van der Waals surface area contributed by atoms with Crippen molar-refractivity contribution in [3.05, 3.63) is 52.6 Å². The molecule has 166 valence electrons. The Morgan fingerprint density at radius 2 is 1.91 bits per heavy atom. The molecule has 1 aromatic heterocycles. The van der Waals surface area contributed by atoms with Crippen molar-refractivity contribution in [1.82, 2.24) is 10.3 Å². The second-order valence-corrected chi connectivity index (χ2v) is 7.88. The lowest BCUT2D eigenvalue weighted by molar-refractivity contribution is -0.120. The van der Waals surface area contributed by atoms with Gasteiger partial charge in [0.1, 0.15) is 28.2 Å². The molecular weight excluding hydrogens is 428 g/mol. The van der Waals surface area contributed by atoms with Crippen LogP contribution in [0, 0.1) is 22.7 Å². The van der Waals surface area contributed by atoms with E-state index in [1.807, 2.05) is 13.0 Å². The summed E-state index contributed by atoms with van der Waals surface area (Å²) in [5.74, 6) is -0.725. The summed E-state index contributed by atoms with van der Waals surface area (Å²) < 4.78 is 0. The third kappa shape index (κ3) is 5.76. The summed E-state index contributed by atoms with van der Waals surface area (Å²) in [5, 5.41) is 30.5. The van der Waals surface area contributed by atoms with Crippen LogP contribution >= 0.6 is 11.8 Å². The van der Waals surface area contributed by atoms with Gasteiger partial charge in [0, 0.05) is 13.6 Å². The highest BCUT2D eigenvalue weighted by molar-refractivity contribution is 8.00. The molecule has 10 heteroatoms. The zero-order chi connectivity index (χ0) is 23.7. The van der Waals surface area contributed by atoms with Crippen molar-refractivity contribution >= 4 is 29.4 Å². The molecule has 0 radical (unpaired) electrons. The number of carbonyl (C=O) groups is 2. The lowest BCUT2D eigenvalue weighted by atomic mass is 10.0. The Morgan fingerprint density at radius 1 is 1.25 bits per heavy atom. The highest BCUT2D eigenvalue weighted by atomic mass is 32.2. The number of pyridine rings is 1. The molecule has 1 atom stereocenters. The van der Waals surface area contributed by atoms with E-state index in [2.05, 4.69) is 22.4 Å². The fourth-order valence-corrected chi connectivity index (χ4v) is 4.17. The largest absolute Gasteiger partial charge is 0.395 e. The van der Waals surface area contributed by atoms with Gasteiger partial charge in [-0.2, -0.15) is 10.5 Å². The van der Waals surface area contributed by atoms with Gasteiger partial charge in [-0.1, -0.05) is 49.0 Å². The lowest BCUT2D eigenvalue weighted by Gasteiger charge is -2.23. The van der Waals surface area contributed by atoms with Crippen molar-refractivity contribution in [2.45, 2.75) is 23.6 Å². The van der Waals surface area contributed by atoms with Crippen LogP contribution in [0.2, 0.25) is 0 Å². The number of aliphatic hydroxyl groups is 1. The Balaban J connectivity index is 2.56. The van der Waals surface area contributed by atoms with Crippen LogP contribution in [0.4, 0.5) is 5.82 Å². The molecule has 0 bridgehead atoms. The minimum Gasteiger partial charge on any atom is -0.395 e. The van der Waals surface area contributed by atoms with Gasteiger partial charge in [-0.25, -0.2) is 4.98 Å². The highest BCUT2D eigenvalue weighted by Gasteiger charge is 2.27. The highest BCUT2D eigenvalue weighted by Crippen LogP contribution is 2.39. The summed E-state index contributed by atoms with van der Waals surface area (Å²) in [6, 6.07) is 13.1. The normalized spacial score (nSPS) is 11.2. The first kappa shape index (κ1) is 24.7. The topological polar surface area (TPSA) is 156 Å². The van der Waals surface area contributed by atoms with Gasteiger partial charge >= 0.3 is 0 Å². The number of nitrogens with zero attached hydrogens (tertiary/aromatic N) is 4. The zero-order valence-electron chi connectivity index (χ0n) is 17.8. The van der Waals surface area contributed by atoms with E-state index in [9.17, 15) is 20.1 Å². The number of primary amides is 1. The van der Waals surface area contributed by atoms with E-state index in [1.54, 1.807) is 31.3 Å². The monoisotopic (exact) mass is 452 g/mol. The first-order chi connectivity index (χ1) is 15.4. The van der Waals surface area contributed by atoms with Crippen LogP contribution in [0.3, 0.4) is 0 Å². The molecule has 0 saturated heterocycles. The molecule has 0 spiro atoms. The van der Waals surface area contributed by atoms with E-state index in [4.69, 9.17) is 10.8 Å². The summed E-state index contributed by atoms with van der Waals surface area (Å²) in [7, 11) is 1.60. The summed E-state index contributed by atoms with van der Waals surface area (Å²) in [4.78, 5) is 30.3. The van der Waals surface area contributed by atoms with Gasteiger partial charge in [0.2, 0.25) is 11.8 Å². The van der Waals surface area contributed by atoms with E-state index in [0.29, 0.717) is 17.5 Å². The zero-order valence-corrected chi connectivity index (χ0v) is 18.6. The Bertz CT molecular complexity index is 1060. The molecule has 32 heavy (non-hydrogen) atoms. The Kier molecular flexibility index (Phi) is 9.02. The number of thioether (sulfide) groups is 1. The van der Waals surface area contributed by atoms with Gasteiger partial charge in [0.25, 0.3) is 0 Å². The predicted octanol–water partition coefficient (Wildman–Crippen LogP) is 1.25. The summed E-state index contributed by atoms with van der Waals surface area (Å²) in [6.45, 7) is 1.62. The molecular formula is C22H24N6O3S. The van der Waals surface area contributed by atoms with E-state index in [-0.39, 0.29) is 47.6 Å². The fraction of sp³-hybridized carbons (Fsp3) is 0.318. The number of hydrogen-bond acceptors (Lipinski definition) is 8. The molecule has 2 amide bonds. The van der Waals surface area contributed by atoms with E-state index in [1.165, 1.54) is 4.90 Å². The number of nitriles is 2. The van der Waals surface area contributed by atoms with Crippen LogP contribution < -0.4 is 16.0 Å². The van der Waals surface area contributed by atoms with Gasteiger partial charge in [-0.3, -0.25) is 9.59 Å². The molecule has 4 N–H and O–H groups in total. The van der Waals surface area contributed by atoms with E-state index < -0.39 is 11.2 Å². The third-order valence-electron chi connectivity index (χ3n) is 4.59. The van der Waals surface area contributed by atoms with Crippen molar-refractivity contribution in [1.29, 1.82) is 10.5 Å². The predicted molar refractivity (Wildman–Crippen MR) is 121 cm³/mol. The molecule has 0 aliphatic rings. The maximum Gasteiger partial charge on any atom is 0.239 e. The smallest absolute Gasteiger partial charge is 0.239 e. The standard InChI is InChI=1S/C22H24N6O3S/c1-3-15-16(11-23)21(28(2)13-18(30)26-9-10-29)27-22(17(15)12-24)32-19(20(25)31)14-7-5-4-6-8-14/h4-8,19,29H,3,9-10,13H2,1-2H3,(H2,25,31)(H,26,30). The fourth-order valence-electron chi connectivity index (χ4n) is 3.12. The minimum absolute atomic E-state index is 0.108. The van der Waals surface area contributed by atoms with Crippen LogP contribution in [0.15, 0.2) is 35.4 Å². The maximum absolute atomic E-state index is 12.2. The molecule has 1 unspecified atom stereocenters. The van der Waals surface area contributed by atoms with Crippen molar-refractivity contribution in [2.75, 3.05) is 31.6 Å². The van der Waals surface area contributed by atoms with Crippen LogP contribution in [0.1, 0.15) is 34.4 Å². The molecule has 2 aromatic rings. The number of rotatable bonds is 10. The number of hydrogen-bond donors (Lipinski definition) is 3. The average Bonchev–Trinajstić information content (AvgIpc) is 2.80. The number of anilines is 1. The van der Waals surface area contributed by atoms with Gasteiger partial charge in [0.05, 0.1) is 24.3 Å². The van der Waals surface area contributed by atoms with Crippen LogP contribution in [0.5, 0.6) is 0 Å². The SMILES string of the molecule is CCc1c(C#N)c(SC(C(N)=O)c2ccccc2)nc(N(C)CC(=O)NCCO)c1C#N. The van der Waals surface area contributed by atoms with Crippen LogP contribution in [-0.4, -0.2) is 48.6 Å². The molecule has 0 saturated carbocycles. The summed E-state index contributed by atoms with van der Waals surface area (Å²) in [6.07, 6.45) is 0.381. The lowest BCUT2D eigenvalue weighted by Crippen LogP contribution is -2.37. The number of benzene rings is 1. The van der Waals surface area contributed by atoms with Gasteiger partial charge in [0.15, 0.2) is 0 Å². The molecule has 9 nitrogen and oxygen atoms in total. The first-order valence-corrected chi connectivity index (χ1v) is 10.7. The van der Waals surface area contributed by atoms with E-state index in [0.717, 1.165) is 11.8 Å². The van der Waals surface area contributed by atoms with Gasteiger partial charge in [-0.05, 0) is 17.5 Å². The van der Waals surface area contributed by atoms with Gasteiger partial charge < -0.3 is 21.1 Å². The number of nitrogens with two attached hydrogens (primary N) is 1. The number of nitrogens with one attached hydrogen (secondary N) is 1. The van der Waals surface area contributed by atoms with Crippen molar-refractivity contribution in [3.63, 3.8) is 0 Å². The molecule has 1 heterocycles. The average molecular weight is 453 g/mol. The van der Waals surface area contributed by atoms with Crippen molar-refractivity contribution < 1.29 is 14.7 Å². The number of likely N-dealkylation sites (N-methyl/N-ethyl adjacent to an activating group) is 1. The second-order valence-electron chi connectivity index (χ2n) is 6.79. The number of aromatic nitrogens is 1. The minimum atomic E-state index is -0.792. The van der Waals surface area contributed by atoms with Crippen molar-refractivity contribution in [2.24, 2.45) is 5.73 Å². The number of amides is 2. The van der Waals surface area contributed by atoms with Gasteiger partial charge in [-0.15, -0.1) is 0 Å². The van der Waals surface area contributed by atoms with Crippen LogP contribution in [-0.2, 0) is 16.0 Å².